The minimum absolute atomic E-state index is 0. The van der Waals surface area contributed by atoms with Crippen molar-refractivity contribution in [1.82, 2.24) is 10.3 Å². The quantitative estimate of drug-likeness (QED) is 0.627. The van der Waals surface area contributed by atoms with Crippen molar-refractivity contribution in [2.24, 2.45) is 5.73 Å². The third kappa shape index (κ3) is 4.26. The molecule has 6 heteroatoms. The number of nitrogens with two attached hydrogens (primary N) is 1. The minimum atomic E-state index is -0.365. The van der Waals surface area contributed by atoms with E-state index in [0.29, 0.717) is 12.1 Å². The zero-order chi connectivity index (χ0) is 17.2. The number of nitrogens with zero attached hydrogens (tertiary/aromatic N) is 1. The van der Waals surface area contributed by atoms with Gasteiger partial charge in [0.05, 0.1) is 11.1 Å². The first-order chi connectivity index (χ1) is 11.6. The number of hydrogen-bond donors (Lipinski definition) is 2. The van der Waals surface area contributed by atoms with Crippen molar-refractivity contribution in [3.63, 3.8) is 0 Å². The number of amides is 1. The van der Waals surface area contributed by atoms with Gasteiger partial charge < -0.3 is 11.1 Å². The third-order valence-corrected chi connectivity index (χ3v) is 4.87. The lowest BCUT2D eigenvalue weighted by Crippen LogP contribution is -2.49. The molecule has 0 fully saturated rings. The van der Waals surface area contributed by atoms with E-state index in [0.717, 1.165) is 34.5 Å². The molecular formula is C20H25Cl2N3O. The Kier molecular flexibility index (Phi) is 7.82. The van der Waals surface area contributed by atoms with Crippen LogP contribution in [-0.2, 0) is 0 Å². The molecule has 1 aromatic heterocycles. The Bertz CT molecular complexity index is 894. The molecule has 0 aliphatic carbocycles. The summed E-state index contributed by atoms with van der Waals surface area (Å²) in [6.45, 7) is 4.55. The standard InChI is InChI=1S/C20H23N3O.2ClH/c1-3-20(21,4-2)13-23-19(24)17-12-14-8-5-6-9-15(14)16-10-7-11-22-18(16)17;;/h5-12H,3-4,13,21H2,1-2H3,(H,23,24);2*1H. The van der Waals surface area contributed by atoms with Gasteiger partial charge in [-0.1, -0.05) is 44.2 Å². The molecule has 0 bridgehead atoms. The number of aromatic nitrogens is 1. The molecule has 3 rings (SSSR count). The highest BCUT2D eigenvalue weighted by Gasteiger charge is 2.22. The van der Waals surface area contributed by atoms with Gasteiger partial charge in [-0.3, -0.25) is 9.78 Å². The number of rotatable bonds is 5. The number of carbonyl (C=O) groups is 1. The van der Waals surface area contributed by atoms with Crippen molar-refractivity contribution in [2.75, 3.05) is 6.54 Å². The first kappa shape index (κ1) is 22.2. The summed E-state index contributed by atoms with van der Waals surface area (Å²) in [6.07, 6.45) is 3.36. The molecule has 0 aliphatic heterocycles. The third-order valence-electron chi connectivity index (χ3n) is 4.87. The van der Waals surface area contributed by atoms with Gasteiger partial charge in [0.25, 0.3) is 5.91 Å². The molecule has 3 N–H and O–H groups in total. The molecule has 0 radical (unpaired) electrons. The molecule has 140 valence electrons. The molecule has 1 amide bonds. The zero-order valence-electron chi connectivity index (χ0n) is 15.0. The summed E-state index contributed by atoms with van der Waals surface area (Å²) in [5, 5.41) is 6.13. The van der Waals surface area contributed by atoms with Crippen molar-refractivity contribution in [1.29, 1.82) is 0 Å². The van der Waals surface area contributed by atoms with E-state index in [1.54, 1.807) is 6.20 Å². The number of hydrogen-bond acceptors (Lipinski definition) is 3. The topological polar surface area (TPSA) is 68.0 Å². The van der Waals surface area contributed by atoms with Gasteiger partial charge in [0.15, 0.2) is 0 Å². The molecule has 26 heavy (non-hydrogen) atoms. The Hall–Kier alpha value is -1.88. The SMILES string of the molecule is CCC(N)(CC)CNC(=O)c1cc2ccccc2c2cccnc12.Cl.Cl. The molecule has 0 aliphatic rings. The maximum atomic E-state index is 12.8. The summed E-state index contributed by atoms with van der Waals surface area (Å²) >= 11 is 0. The second kappa shape index (κ2) is 9.17. The summed E-state index contributed by atoms with van der Waals surface area (Å²) in [4.78, 5) is 17.2. The molecule has 1 heterocycles. The van der Waals surface area contributed by atoms with Gasteiger partial charge in [-0.2, -0.15) is 0 Å². The summed E-state index contributed by atoms with van der Waals surface area (Å²) < 4.78 is 0. The fourth-order valence-corrected chi connectivity index (χ4v) is 2.95. The Balaban J connectivity index is 0.00000169. The molecule has 4 nitrogen and oxygen atoms in total. The molecular weight excluding hydrogens is 369 g/mol. The number of halogens is 2. The largest absolute Gasteiger partial charge is 0.350 e. The van der Waals surface area contributed by atoms with E-state index in [4.69, 9.17) is 5.73 Å². The van der Waals surface area contributed by atoms with E-state index in [9.17, 15) is 4.79 Å². The second-order valence-electron chi connectivity index (χ2n) is 6.30. The molecule has 0 atom stereocenters. The number of pyridine rings is 1. The van der Waals surface area contributed by atoms with Crippen molar-refractivity contribution in [3.8, 4) is 0 Å². The van der Waals surface area contributed by atoms with Crippen LogP contribution in [0.1, 0.15) is 37.0 Å². The van der Waals surface area contributed by atoms with Gasteiger partial charge in [0, 0.05) is 23.7 Å². The van der Waals surface area contributed by atoms with Crippen molar-refractivity contribution in [3.05, 3.63) is 54.2 Å². The highest BCUT2D eigenvalue weighted by molar-refractivity contribution is 6.15. The zero-order valence-corrected chi connectivity index (χ0v) is 16.6. The van der Waals surface area contributed by atoms with Gasteiger partial charge in [-0.15, -0.1) is 24.8 Å². The average molecular weight is 394 g/mol. The predicted molar refractivity (Wildman–Crippen MR) is 114 cm³/mol. The van der Waals surface area contributed by atoms with Crippen LogP contribution in [0.3, 0.4) is 0 Å². The maximum Gasteiger partial charge on any atom is 0.253 e. The summed E-state index contributed by atoms with van der Waals surface area (Å²) in [5.74, 6) is -0.124. The molecule has 0 saturated heterocycles. The van der Waals surface area contributed by atoms with Crippen LogP contribution in [0.2, 0.25) is 0 Å². The van der Waals surface area contributed by atoms with Crippen LogP contribution in [0.5, 0.6) is 0 Å². The first-order valence-corrected chi connectivity index (χ1v) is 8.41. The van der Waals surface area contributed by atoms with Crippen LogP contribution in [0, 0.1) is 0 Å². The van der Waals surface area contributed by atoms with Crippen LogP contribution in [0.4, 0.5) is 0 Å². The van der Waals surface area contributed by atoms with Crippen LogP contribution in [0.15, 0.2) is 48.7 Å². The fraction of sp³-hybridized carbons (Fsp3) is 0.300. The summed E-state index contributed by atoms with van der Waals surface area (Å²) in [5.41, 5.74) is 7.25. The molecule has 2 aromatic carbocycles. The second-order valence-corrected chi connectivity index (χ2v) is 6.30. The van der Waals surface area contributed by atoms with Gasteiger partial charge >= 0.3 is 0 Å². The fourth-order valence-electron chi connectivity index (χ4n) is 2.95. The van der Waals surface area contributed by atoms with Crippen LogP contribution in [-0.4, -0.2) is 23.0 Å². The Morgan fingerprint density at radius 2 is 1.73 bits per heavy atom. The van der Waals surface area contributed by atoms with E-state index in [2.05, 4.69) is 16.4 Å². The van der Waals surface area contributed by atoms with Crippen LogP contribution >= 0.6 is 24.8 Å². The lowest BCUT2D eigenvalue weighted by molar-refractivity contribution is 0.0944. The summed E-state index contributed by atoms with van der Waals surface area (Å²) in [7, 11) is 0. The maximum absolute atomic E-state index is 12.8. The van der Waals surface area contributed by atoms with E-state index in [-0.39, 0.29) is 36.3 Å². The van der Waals surface area contributed by atoms with Gasteiger partial charge in [-0.25, -0.2) is 0 Å². The number of benzene rings is 2. The Labute approximate surface area is 166 Å². The monoisotopic (exact) mass is 393 g/mol. The van der Waals surface area contributed by atoms with Gasteiger partial charge in [-0.05, 0) is 35.7 Å². The minimum Gasteiger partial charge on any atom is -0.350 e. The number of fused-ring (bicyclic) bond motifs is 3. The lowest BCUT2D eigenvalue weighted by Gasteiger charge is -2.26. The van der Waals surface area contributed by atoms with E-state index in [1.165, 1.54) is 0 Å². The first-order valence-electron chi connectivity index (χ1n) is 8.41. The van der Waals surface area contributed by atoms with E-state index in [1.807, 2.05) is 50.2 Å². The lowest BCUT2D eigenvalue weighted by atomic mass is 9.94. The highest BCUT2D eigenvalue weighted by Crippen LogP contribution is 2.27. The Morgan fingerprint density at radius 3 is 2.42 bits per heavy atom. The van der Waals surface area contributed by atoms with Crippen LogP contribution < -0.4 is 11.1 Å². The van der Waals surface area contributed by atoms with Crippen molar-refractivity contribution < 1.29 is 4.79 Å². The summed E-state index contributed by atoms with van der Waals surface area (Å²) in [6, 6.07) is 13.9. The molecule has 0 saturated carbocycles. The van der Waals surface area contributed by atoms with Crippen LogP contribution in [0.25, 0.3) is 21.7 Å². The number of carbonyl (C=O) groups excluding carboxylic acids is 1. The van der Waals surface area contributed by atoms with E-state index >= 15 is 0 Å². The predicted octanol–water partition coefficient (Wildman–Crippen LogP) is 4.48. The average Bonchev–Trinajstić information content (AvgIpc) is 2.65. The molecule has 0 spiro atoms. The smallest absolute Gasteiger partial charge is 0.253 e. The van der Waals surface area contributed by atoms with Gasteiger partial charge in [0.2, 0.25) is 0 Å². The van der Waals surface area contributed by atoms with Crippen molar-refractivity contribution >= 4 is 52.4 Å². The van der Waals surface area contributed by atoms with E-state index < -0.39 is 0 Å². The van der Waals surface area contributed by atoms with Crippen molar-refractivity contribution in [2.45, 2.75) is 32.2 Å². The number of nitrogens with one attached hydrogen (secondary N) is 1. The molecule has 0 unspecified atom stereocenters. The normalized spacial score (nSPS) is 10.9. The molecule has 3 aromatic rings. The van der Waals surface area contributed by atoms with Gasteiger partial charge in [0.1, 0.15) is 0 Å². The highest BCUT2D eigenvalue weighted by atomic mass is 35.5. The Morgan fingerprint density at radius 1 is 1.08 bits per heavy atom.